The quantitative estimate of drug-likeness (QED) is 0.181. The van der Waals surface area contributed by atoms with Crippen molar-refractivity contribution in [3.63, 3.8) is 0 Å². The van der Waals surface area contributed by atoms with Crippen LogP contribution in [0.3, 0.4) is 0 Å². The van der Waals surface area contributed by atoms with Crippen LogP contribution < -0.4 is 16.0 Å². The molecule has 0 aliphatic rings. The molecule has 174 valence electrons. The third-order valence-corrected chi connectivity index (χ3v) is 5.16. The van der Waals surface area contributed by atoms with Gasteiger partial charge < -0.3 is 26.2 Å². The lowest BCUT2D eigenvalue weighted by atomic mass is 10.5. The summed E-state index contributed by atoms with van der Waals surface area (Å²) in [5.74, 6) is 0.693. The lowest BCUT2D eigenvalue weighted by molar-refractivity contribution is -0.137. The Morgan fingerprint density at radius 3 is 1.72 bits per heavy atom. The van der Waals surface area contributed by atoms with E-state index in [0.717, 1.165) is 0 Å². The van der Waals surface area contributed by atoms with Crippen molar-refractivity contribution >= 4 is 53.3 Å². The number of hydrogen-bond donors (Lipinski definition) is 5. The Morgan fingerprint density at radius 1 is 0.750 bits per heavy atom. The molecule has 0 bridgehead atoms. The molecule has 0 amide bonds. The van der Waals surface area contributed by atoms with Gasteiger partial charge in [-0.2, -0.15) is 24.9 Å². The number of thioether (sulfide) groups is 2. The van der Waals surface area contributed by atoms with Crippen molar-refractivity contribution in [2.24, 2.45) is 0 Å². The van der Waals surface area contributed by atoms with E-state index in [1.807, 2.05) is 6.92 Å². The molecule has 2 aromatic heterocycles. The van der Waals surface area contributed by atoms with Crippen LogP contribution in [0.2, 0.25) is 0 Å². The zero-order valence-electron chi connectivity index (χ0n) is 17.7. The van der Waals surface area contributed by atoms with Gasteiger partial charge in [0.1, 0.15) is 5.82 Å². The third-order valence-electron chi connectivity index (χ3n) is 3.46. The monoisotopic (exact) mass is 483 g/mol. The fraction of sp³-hybridized carbons (Fsp3) is 0.529. The predicted octanol–water partition coefficient (Wildman–Crippen LogP) is 1.45. The number of carbonyl (C=O) groups is 2. The van der Waals surface area contributed by atoms with E-state index in [1.165, 1.54) is 23.5 Å². The van der Waals surface area contributed by atoms with Crippen LogP contribution in [0.4, 0.5) is 17.8 Å². The Morgan fingerprint density at radius 2 is 1.22 bits per heavy atom. The number of carboxylic acids is 2. The number of aryl methyl sites for hydroxylation is 1. The Labute approximate surface area is 193 Å². The highest BCUT2D eigenvalue weighted by Crippen LogP contribution is 2.18. The molecular formula is C17H25N9O4S2. The topological polar surface area (TPSA) is 188 Å². The van der Waals surface area contributed by atoms with Gasteiger partial charge in [0.05, 0.1) is 12.8 Å². The summed E-state index contributed by atoms with van der Waals surface area (Å²) in [7, 11) is 0. The molecule has 2 rings (SSSR count). The van der Waals surface area contributed by atoms with Crippen LogP contribution in [-0.4, -0.2) is 83.2 Å². The number of carboxylic acid groups (broad SMARTS) is 2. The molecule has 0 fully saturated rings. The molecule has 15 heteroatoms. The first-order valence-electron chi connectivity index (χ1n) is 9.75. The molecule has 0 atom stereocenters. The van der Waals surface area contributed by atoms with Gasteiger partial charge in [-0.3, -0.25) is 9.59 Å². The fourth-order valence-electron chi connectivity index (χ4n) is 2.15. The maximum atomic E-state index is 10.7. The molecule has 0 aromatic carbocycles. The molecule has 0 aliphatic carbocycles. The molecule has 13 nitrogen and oxygen atoms in total. The first-order valence-corrected chi connectivity index (χ1v) is 11.7. The van der Waals surface area contributed by atoms with Gasteiger partial charge in [0.2, 0.25) is 17.8 Å². The van der Waals surface area contributed by atoms with Crippen LogP contribution in [0, 0.1) is 6.92 Å². The fourth-order valence-corrected chi connectivity index (χ4v) is 3.71. The predicted molar refractivity (Wildman–Crippen MR) is 121 cm³/mol. The van der Waals surface area contributed by atoms with Crippen molar-refractivity contribution in [1.82, 2.24) is 29.9 Å². The third kappa shape index (κ3) is 9.91. The van der Waals surface area contributed by atoms with Gasteiger partial charge in [0, 0.05) is 31.1 Å². The first kappa shape index (κ1) is 25.3. The van der Waals surface area contributed by atoms with Crippen molar-refractivity contribution in [1.29, 1.82) is 0 Å². The highest BCUT2D eigenvalue weighted by atomic mass is 32.2. The SMILES string of the molecule is CCNc1nc(NCCNc2nc(C)nc(SCCC(=O)O)n2)nc(SCCC(=O)O)n1. The molecule has 0 radical (unpaired) electrons. The van der Waals surface area contributed by atoms with Crippen molar-refractivity contribution in [3.8, 4) is 0 Å². The number of nitrogens with zero attached hydrogens (tertiary/aromatic N) is 6. The van der Waals surface area contributed by atoms with E-state index >= 15 is 0 Å². The van der Waals surface area contributed by atoms with E-state index in [9.17, 15) is 9.59 Å². The average Bonchev–Trinajstić information content (AvgIpc) is 2.70. The largest absolute Gasteiger partial charge is 0.481 e. The molecule has 2 aromatic rings. The van der Waals surface area contributed by atoms with E-state index in [2.05, 4.69) is 45.9 Å². The minimum absolute atomic E-state index is 0.0154. The Bertz CT molecular complexity index is 920. The van der Waals surface area contributed by atoms with Gasteiger partial charge in [0.15, 0.2) is 10.3 Å². The van der Waals surface area contributed by atoms with E-state index in [0.29, 0.717) is 65.1 Å². The molecule has 0 aliphatic heterocycles. The molecule has 32 heavy (non-hydrogen) atoms. The summed E-state index contributed by atoms with van der Waals surface area (Å²) < 4.78 is 0. The van der Waals surface area contributed by atoms with Crippen molar-refractivity contribution in [2.45, 2.75) is 37.0 Å². The Hall–Kier alpha value is -2.94. The number of rotatable bonds is 15. The zero-order chi connectivity index (χ0) is 23.3. The molecule has 2 heterocycles. The van der Waals surface area contributed by atoms with Crippen LogP contribution in [0.1, 0.15) is 25.6 Å². The van der Waals surface area contributed by atoms with Gasteiger partial charge in [-0.1, -0.05) is 23.5 Å². The van der Waals surface area contributed by atoms with Gasteiger partial charge in [-0.25, -0.2) is 4.98 Å². The van der Waals surface area contributed by atoms with E-state index < -0.39 is 11.9 Å². The normalized spacial score (nSPS) is 10.6. The van der Waals surface area contributed by atoms with Gasteiger partial charge in [-0.05, 0) is 13.8 Å². The summed E-state index contributed by atoms with van der Waals surface area (Å²) in [6, 6.07) is 0. The molecule has 0 unspecified atom stereocenters. The second-order valence-electron chi connectivity index (χ2n) is 6.12. The maximum Gasteiger partial charge on any atom is 0.304 e. The standard InChI is InChI=1S/C17H25N9O4S2/c1-3-18-13-23-15(26-17(24-13)32-9-5-12(29)30)20-7-6-19-14-21-10(2)22-16(25-14)31-8-4-11(27)28/h3-9H2,1-2H3,(H,27,28)(H,29,30)(H,19,21,22,25)(H2,18,20,23,24,26). The number of aromatic nitrogens is 6. The molecule has 0 spiro atoms. The van der Waals surface area contributed by atoms with Crippen LogP contribution in [0.5, 0.6) is 0 Å². The van der Waals surface area contributed by atoms with Crippen molar-refractivity contribution in [3.05, 3.63) is 5.82 Å². The molecule has 0 saturated carbocycles. The summed E-state index contributed by atoms with van der Waals surface area (Å²) in [4.78, 5) is 46.9. The summed E-state index contributed by atoms with van der Waals surface area (Å²) in [6.07, 6.45) is 0.0426. The van der Waals surface area contributed by atoms with Gasteiger partial charge in [-0.15, -0.1) is 0 Å². The van der Waals surface area contributed by atoms with E-state index in [1.54, 1.807) is 6.92 Å². The minimum Gasteiger partial charge on any atom is -0.481 e. The summed E-state index contributed by atoms with van der Waals surface area (Å²) in [5, 5.41) is 27.6. The van der Waals surface area contributed by atoms with Gasteiger partial charge >= 0.3 is 11.9 Å². The van der Waals surface area contributed by atoms with E-state index in [4.69, 9.17) is 10.2 Å². The molecular weight excluding hydrogens is 458 g/mol. The minimum atomic E-state index is -0.875. The van der Waals surface area contributed by atoms with Crippen molar-refractivity contribution < 1.29 is 19.8 Å². The van der Waals surface area contributed by atoms with Crippen LogP contribution >= 0.6 is 23.5 Å². The van der Waals surface area contributed by atoms with E-state index in [-0.39, 0.29) is 12.8 Å². The highest BCUT2D eigenvalue weighted by Gasteiger charge is 2.09. The number of hydrogen-bond acceptors (Lipinski definition) is 13. The first-order chi connectivity index (χ1) is 15.4. The smallest absolute Gasteiger partial charge is 0.304 e. The number of aliphatic carboxylic acids is 2. The van der Waals surface area contributed by atoms with Crippen molar-refractivity contribution in [2.75, 3.05) is 47.1 Å². The molecule has 0 saturated heterocycles. The molecule has 5 N–H and O–H groups in total. The zero-order valence-corrected chi connectivity index (χ0v) is 19.3. The lowest BCUT2D eigenvalue weighted by Gasteiger charge is -2.10. The second kappa shape index (κ2) is 13.5. The second-order valence-corrected chi connectivity index (χ2v) is 8.25. The van der Waals surface area contributed by atoms with Crippen LogP contribution in [-0.2, 0) is 9.59 Å². The Balaban J connectivity index is 1.89. The van der Waals surface area contributed by atoms with Crippen LogP contribution in [0.25, 0.3) is 0 Å². The van der Waals surface area contributed by atoms with Crippen LogP contribution in [0.15, 0.2) is 10.3 Å². The summed E-state index contributed by atoms with van der Waals surface area (Å²) >= 11 is 2.50. The highest BCUT2D eigenvalue weighted by molar-refractivity contribution is 7.99. The number of nitrogens with one attached hydrogen (secondary N) is 3. The average molecular weight is 484 g/mol. The maximum absolute atomic E-state index is 10.7. The summed E-state index contributed by atoms with van der Waals surface area (Å²) in [5.41, 5.74) is 0. The lowest BCUT2D eigenvalue weighted by Crippen LogP contribution is -2.18. The van der Waals surface area contributed by atoms with Gasteiger partial charge in [0.25, 0.3) is 0 Å². The summed E-state index contributed by atoms with van der Waals surface area (Å²) in [6.45, 7) is 5.22. The number of anilines is 3. The Kier molecular flexibility index (Phi) is 10.7.